The van der Waals surface area contributed by atoms with Gasteiger partial charge < -0.3 is 29.5 Å². The van der Waals surface area contributed by atoms with E-state index in [1.807, 2.05) is 51.1 Å². The summed E-state index contributed by atoms with van der Waals surface area (Å²) in [5.41, 5.74) is 2.73. The van der Waals surface area contributed by atoms with Crippen LogP contribution in [0.15, 0.2) is 41.5 Å². The molecule has 1 saturated heterocycles. The molecule has 1 aromatic carbocycles. The van der Waals surface area contributed by atoms with Gasteiger partial charge in [0.05, 0.1) is 18.7 Å². The third-order valence-electron chi connectivity index (χ3n) is 7.20. The summed E-state index contributed by atoms with van der Waals surface area (Å²) in [5.74, 6) is 3.15. The monoisotopic (exact) mass is 622 g/mol. The van der Waals surface area contributed by atoms with Crippen LogP contribution in [0, 0.1) is 0 Å². The second kappa shape index (κ2) is 11.5. The van der Waals surface area contributed by atoms with Gasteiger partial charge in [0, 0.05) is 60.6 Å². The molecule has 6 rings (SSSR count). The van der Waals surface area contributed by atoms with E-state index in [0.29, 0.717) is 66.8 Å². The van der Waals surface area contributed by atoms with Crippen molar-refractivity contribution in [3.05, 3.63) is 57.7 Å². The number of ether oxygens (including phenoxy) is 2. The number of piperazine rings is 1. The van der Waals surface area contributed by atoms with Gasteiger partial charge in [-0.25, -0.2) is 9.78 Å². The molecular formula is C30H32Cl2N8O3. The van der Waals surface area contributed by atoms with Crippen LogP contribution in [0.3, 0.4) is 0 Å². The lowest BCUT2D eigenvalue weighted by atomic mass is 9.98. The summed E-state index contributed by atoms with van der Waals surface area (Å²) in [6.07, 6.45) is 3.49. The fourth-order valence-corrected chi connectivity index (χ4v) is 5.70. The van der Waals surface area contributed by atoms with Crippen molar-refractivity contribution in [2.45, 2.75) is 26.4 Å². The van der Waals surface area contributed by atoms with E-state index in [0.717, 1.165) is 34.2 Å². The second-order valence-electron chi connectivity index (χ2n) is 11.3. The first-order valence-corrected chi connectivity index (χ1v) is 14.8. The van der Waals surface area contributed by atoms with Gasteiger partial charge in [-0.2, -0.15) is 9.97 Å². The van der Waals surface area contributed by atoms with E-state index < -0.39 is 5.60 Å². The van der Waals surface area contributed by atoms with Crippen LogP contribution in [0.4, 0.5) is 28.1 Å². The van der Waals surface area contributed by atoms with Crippen LogP contribution in [-0.2, 0) is 4.74 Å². The highest BCUT2D eigenvalue weighted by atomic mass is 35.5. The molecule has 0 saturated carbocycles. The Hall–Kier alpha value is -4.09. The quantitative estimate of drug-likeness (QED) is 0.380. The van der Waals surface area contributed by atoms with Crippen LogP contribution in [-0.4, -0.2) is 83.8 Å². The number of aliphatic imine (C=N–C) groups is 1. The zero-order valence-corrected chi connectivity index (χ0v) is 25.9. The Bertz CT molecular complexity index is 1630. The van der Waals surface area contributed by atoms with Crippen molar-refractivity contribution in [1.29, 1.82) is 0 Å². The number of methoxy groups -OCH3 is 1. The first-order valence-electron chi connectivity index (χ1n) is 14.0. The average molecular weight is 624 g/mol. The van der Waals surface area contributed by atoms with Gasteiger partial charge in [-0.1, -0.05) is 29.3 Å². The van der Waals surface area contributed by atoms with Gasteiger partial charge in [0.25, 0.3) is 0 Å². The maximum Gasteiger partial charge on any atom is 0.410 e. The van der Waals surface area contributed by atoms with Gasteiger partial charge in [-0.3, -0.25) is 4.99 Å². The summed E-state index contributed by atoms with van der Waals surface area (Å²) in [6.45, 7) is 9.30. The summed E-state index contributed by atoms with van der Waals surface area (Å²) in [4.78, 5) is 37.2. The number of carbonyl (C=O) groups excluding carboxylic acids is 1. The van der Waals surface area contributed by atoms with Gasteiger partial charge in [0.1, 0.15) is 28.8 Å². The Morgan fingerprint density at radius 2 is 1.81 bits per heavy atom. The van der Waals surface area contributed by atoms with E-state index in [2.05, 4.69) is 20.1 Å². The molecule has 0 radical (unpaired) electrons. The predicted molar refractivity (Wildman–Crippen MR) is 170 cm³/mol. The Kier molecular flexibility index (Phi) is 7.78. The first-order chi connectivity index (χ1) is 20.6. The van der Waals surface area contributed by atoms with Crippen LogP contribution in [0.1, 0.15) is 31.9 Å². The van der Waals surface area contributed by atoms with Crippen LogP contribution < -0.4 is 19.9 Å². The number of aromatic nitrogens is 3. The highest BCUT2D eigenvalue weighted by molar-refractivity contribution is 6.41. The minimum absolute atomic E-state index is 0.296. The lowest BCUT2D eigenvalue weighted by molar-refractivity contribution is 0.0240. The highest BCUT2D eigenvalue weighted by Crippen LogP contribution is 2.38. The molecular weight excluding hydrogens is 591 g/mol. The number of amides is 1. The molecule has 2 aromatic heterocycles. The third kappa shape index (κ3) is 6.05. The number of anilines is 4. The number of pyridine rings is 1. The molecule has 1 fully saturated rings. The SMILES string of the molecule is COc1nc(N2CCN(C(=O)OC(C)(C)C)CC2)ccc1Nc1ncc2c(n1)N1CCN=C1C(c1ccc(Cl)cc1Cl)=C2. The minimum atomic E-state index is -0.524. The lowest BCUT2D eigenvalue weighted by Crippen LogP contribution is -2.50. The number of halogens is 2. The molecule has 224 valence electrons. The molecule has 3 aromatic rings. The van der Waals surface area contributed by atoms with Gasteiger partial charge in [-0.05, 0) is 51.1 Å². The van der Waals surface area contributed by atoms with Crippen molar-refractivity contribution in [1.82, 2.24) is 19.9 Å². The Balaban J connectivity index is 1.19. The molecule has 3 aliphatic rings. The smallest absolute Gasteiger partial charge is 0.410 e. The van der Waals surface area contributed by atoms with Crippen molar-refractivity contribution in [2.24, 2.45) is 4.99 Å². The summed E-state index contributed by atoms with van der Waals surface area (Å²) >= 11 is 12.7. The van der Waals surface area contributed by atoms with E-state index in [-0.39, 0.29) is 6.09 Å². The summed E-state index contributed by atoms with van der Waals surface area (Å²) in [6, 6.07) is 9.27. The number of hydrogen-bond acceptors (Lipinski definition) is 10. The zero-order chi connectivity index (χ0) is 30.3. The van der Waals surface area contributed by atoms with Gasteiger partial charge in [0.2, 0.25) is 11.8 Å². The summed E-state index contributed by atoms with van der Waals surface area (Å²) in [7, 11) is 1.58. The number of fused-ring (bicyclic) bond motifs is 3. The van der Waals surface area contributed by atoms with E-state index in [9.17, 15) is 4.79 Å². The van der Waals surface area contributed by atoms with Crippen molar-refractivity contribution >= 4 is 70.1 Å². The molecule has 0 atom stereocenters. The molecule has 43 heavy (non-hydrogen) atoms. The molecule has 0 spiro atoms. The largest absolute Gasteiger partial charge is 0.479 e. The Morgan fingerprint density at radius 1 is 1.02 bits per heavy atom. The summed E-state index contributed by atoms with van der Waals surface area (Å²) < 4.78 is 11.1. The van der Waals surface area contributed by atoms with Crippen LogP contribution in [0.5, 0.6) is 5.88 Å². The van der Waals surface area contributed by atoms with Crippen molar-refractivity contribution < 1.29 is 14.3 Å². The molecule has 1 N–H and O–H groups in total. The van der Waals surface area contributed by atoms with Crippen molar-refractivity contribution in [3.63, 3.8) is 0 Å². The molecule has 5 heterocycles. The highest BCUT2D eigenvalue weighted by Gasteiger charge is 2.32. The normalized spacial score (nSPS) is 16.3. The number of amidine groups is 1. The fourth-order valence-electron chi connectivity index (χ4n) is 5.19. The Labute approximate surface area is 260 Å². The van der Waals surface area contributed by atoms with Gasteiger partial charge in [-0.15, -0.1) is 0 Å². The average Bonchev–Trinajstić information content (AvgIpc) is 3.47. The van der Waals surface area contributed by atoms with E-state index in [1.54, 1.807) is 24.3 Å². The fraction of sp³-hybridized carbons (Fsp3) is 0.367. The third-order valence-corrected chi connectivity index (χ3v) is 7.74. The maximum absolute atomic E-state index is 12.4. The van der Waals surface area contributed by atoms with E-state index >= 15 is 0 Å². The van der Waals surface area contributed by atoms with E-state index in [1.165, 1.54) is 0 Å². The summed E-state index contributed by atoms with van der Waals surface area (Å²) in [5, 5.41) is 4.40. The number of benzene rings is 1. The van der Waals surface area contributed by atoms with Crippen LogP contribution in [0.2, 0.25) is 10.0 Å². The molecule has 13 heteroatoms. The standard InChI is InChI=1S/C30H32Cl2N8O3/c1-30(2,3)43-29(41)39-13-11-38(12-14-39)24-8-7-23(27(36-24)42-4)35-28-34-17-18-15-21(20-6-5-19(31)16-22(20)32)26-33-9-10-40(26)25(18)37-28/h5-8,15-17H,9-14H2,1-4H3,(H,34,35,37). The molecule has 0 aliphatic carbocycles. The van der Waals surface area contributed by atoms with Crippen LogP contribution in [0.25, 0.3) is 11.6 Å². The molecule has 0 bridgehead atoms. The number of carbonyl (C=O) groups is 1. The Morgan fingerprint density at radius 3 is 2.53 bits per heavy atom. The van der Waals surface area contributed by atoms with Gasteiger partial charge >= 0.3 is 6.09 Å². The zero-order valence-electron chi connectivity index (χ0n) is 24.4. The number of rotatable bonds is 5. The number of nitrogens with one attached hydrogen (secondary N) is 1. The molecule has 0 unspecified atom stereocenters. The molecule has 11 nitrogen and oxygen atoms in total. The lowest BCUT2D eigenvalue weighted by Gasteiger charge is -2.36. The van der Waals surface area contributed by atoms with Crippen LogP contribution >= 0.6 is 23.2 Å². The number of nitrogens with zero attached hydrogens (tertiary/aromatic N) is 7. The van der Waals surface area contributed by atoms with Gasteiger partial charge in [0.15, 0.2) is 0 Å². The molecule has 1 amide bonds. The predicted octanol–water partition coefficient (Wildman–Crippen LogP) is 5.76. The number of hydrogen-bond donors (Lipinski definition) is 1. The topological polar surface area (TPSA) is 108 Å². The first kappa shape index (κ1) is 29.0. The minimum Gasteiger partial charge on any atom is -0.479 e. The van der Waals surface area contributed by atoms with E-state index in [4.69, 9.17) is 47.6 Å². The second-order valence-corrected chi connectivity index (χ2v) is 12.2. The van der Waals surface area contributed by atoms with Crippen molar-refractivity contribution in [2.75, 3.05) is 61.5 Å². The maximum atomic E-state index is 12.4. The van der Waals surface area contributed by atoms with Crippen molar-refractivity contribution in [3.8, 4) is 5.88 Å². The molecule has 3 aliphatic heterocycles.